The predicted molar refractivity (Wildman–Crippen MR) is 79.3 cm³/mol. The second-order valence-corrected chi connectivity index (χ2v) is 5.52. The van der Waals surface area contributed by atoms with Crippen LogP contribution in [0.15, 0.2) is 12.1 Å². The molecule has 0 saturated carbocycles. The third-order valence-corrected chi connectivity index (χ3v) is 3.55. The monoisotopic (exact) mass is 296 g/mol. The van der Waals surface area contributed by atoms with Crippen LogP contribution in [0.1, 0.15) is 25.8 Å². The summed E-state index contributed by atoms with van der Waals surface area (Å²) in [6.07, 6.45) is 1.88. The third-order valence-electron chi connectivity index (χ3n) is 3.55. The highest BCUT2D eigenvalue weighted by molar-refractivity contribution is 5.53. The van der Waals surface area contributed by atoms with Gasteiger partial charge in [0, 0.05) is 0 Å². The normalized spacial score (nSPS) is 20.3. The molecule has 0 spiro atoms. The van der Waals surface area contributed by atoms with Crippen LogP contribution < -0.4 is 14.2 Å². The van der Waals surface area contributed by atoms with Crippen molar-refractivity contribution in [3.8, 4) is 17.2 Å². The van der Waals surface area contributed by atoms with Crippen molar-refractivity contribution in [1.29, 1.82) is 0 Å². The first-order valence-corrected chi connectivity index (χ1v) is 7.09. The van der Waals surface area contributed by atoms with Crippen LogP contribution >= 0.6 is 0 Å². The molecule has 21 heavy (non-hydrogen) atoms. The smallest absolute Gasteiger partial charge is 0.203 e. The van der Waals surface area contributed by atoms with Crippen molar-refractivity contribution in [3.05, 3.63) is 17.7 Å². The van der Waals surface area contributed by atoms with E-state index in [-0.39, 0.29) is 6.10 Å². The second kappa shape index (κ2) is 6.54. The maximum atomic E-state index is 5.82. The number of ether oxygens (including phenoxy) is 5. The van der Waals surface area contributed by atoms with E-state index in [0.29, 0.717) is 23.9 Å². The summed E-state index contributed by atoms with van der Waals surface area (Å²) in [6, 6.07) is 3.95. The Morgan fingerprint density at radius 1 is 1.10 bits per heavy atom. The zero-order valence-electron chi connectivity index (χ0n) is 13.4. The predicted octanol–water partition coefficient (Wildman–Crippen LogP) is 2.80. The van der Waals surface area contributed by atoms with Gasteiger partial charge in [0.2, 0.25) is 5.75 Å². The van der Waals surface area contributed by atoms with Crippen LogP contribution in [0.2, 0.25) is 0 Å². The van der Waals surface area contributed by atoms with Gasteiger partial charge >= 0.3 is 0 Å². The van der Waals surface area contributed by atoms with Crippen LogP contribution in [0.3, 0.4) is 0 Å². The van der Waals surface area contributed by atoms with E-state index in [1.54, 1.807) is 21.3 Å². The summed E-state index contributed by atoms with van der Waals surface area (Å²) in [5.41, 5.74) is 1.12. The van der Waals surface area contributed by atoms with Crippen molar-refractivity contribution in [2.75, 3.05) is 27.9 Å². The first kappa shape index (κ1) is 15.9. The van der Waals surface area contributed by atoms with Crippen LogP contribution in [0.5, 0.6) is 17.2 Å². The van der Waals surface area contributed by atoms with Crippen LogP contribution in [-0.4, -0.2) is 39.8 Å². The standard InChI is InChI=1S/C16H24O5/c1-16(2)20-10-12(21-16)7-6-11-8-13(17-3)15(19-5)14(9-11)18-4/h8-9,12H,6-7,10H2,1-5H3. The first-order valence-electron chi connectivity index (χ1n) is 7.09. The van der Waals surface area contributed by atoms with E-state index in [1.807, 2.05) is 26.0 Å². The average Bonchev–Trinajstić information content (AvgIpc) is 2.83. The molecule has 1 aliphatic rings. The van der Waals surface area contributed by atoms with E-state index in [0.717, 1.165) is 18.4 Å². The fraction of sp³-hybridized carbons (Fsp3) is 0.625. The summed E-state index contributed by atoms with van der Waals surface area (Å²) in [5, 5.41) is 0. The Labute approximate surface area is 126 Å². The number of methoxy groups -OCH3 is 3. The lowest BCUT2D eigenvalue weighted by atomic mass is 10.1. The average molecular weight is 296 g/mol. The van der Waals surface area contributed by atoms with E-state index in [1.165, 1.54) is 0 Å². The van der Waals surface area contributed by atoms with E-state index >= 15 is 0 Å². The number of aryl methyl sites for hydroxylation is 1. The van der Waals surface area contributed by atoms with Gasteiger partial charge in [-0.3, -0.25) is 0 Å². The maximum absolute atomic E-state index is 5.82. The molecule has 0 amide bonds. The summed E-state index contributed by atoms with van der Waals surface area (Å²) < 4.78 is 27.4. The molecule has 2 rings (SSSR count). The Kier molecular flexibility index (Phi) is 4.96. The molecule has 1 aliphatic heterocycles. The van der Waals surface area contributed by atoms with Crippen LogP contribution in [0.4, 0.5) is 0 Å². The van der Waals surface area contributed by atoms with Gasteiger partial charge in [-0.2, -0.15) is 0 Å². The highest BCUT2D eigenvalue weighted by atomic mass is 16.7. The lowest BCUT2D eigenvalue weighted by molar-refractivity contribution is -0.138. The minimum absolute atomic E-state index is 0.124. The SMILES string of the molecule is COc1cc(CCC2COC(C)(C)O2)cc(OC)c1OC. The molecule has 1 unspecified atom stereocenters. The van der Waals surface area contributed by atoms with Crippen molar-refractivity contribution < 1.29 is 23.7 Å². The van der Waals surface area contributed by atoms with Gasteiger partial charge < -0.3 is 23.7 Å². The quantitative estimate of drug-likeness (QED) is 0.808. The van der Waals surface area contributed by atoms with Crippen LogP contribution in [0.25, 0.3) is 0 Å². The molecule has 1 atom stereocenters. The lowest BCUT2D eigenvalue weighted by Crippen LogP contribution is -2.21. The molecule has 5 heteroatoms. The molecule has 0 bridgehead atoms. The molecule has 0 N–H and O–H groups in total. The minimum Gasteiger partial charge on any atom is -0.493 e. The van der Waals surface area contributed by atoms with Gasteiger partial charge in [-0.15, -0.1) is 0 Å². The van der Waals surface area contributed by atoms with E-state index in [9.17, 15) is 0 Å². The van der Waals surface area contributed by atoms with Crippen LogP contribution in [0, 0.1) is 0 Å². The highest BCUT2D eigenvalue weighted by Crippen LogP contribution is 2.38. The number of hydrogen-bond donors (Lipinski definition) is 0. The van der Waals surface area contributed by atoms with Crippen molar-refractivity contribution in [2.45, 2.75) is 38.6 Å². The summed E-state index contributed by atoms with van der Waals surface area (Å²) in [4.78, 5) is 0. The Bertz CT molecular complexity index is 459. The summed E-state index contributed by atoms with van der Waals surface area (Å²) in [5.74, 6) is 1.50. The molecule has 1 fully saturated rings. The highest BCUT2D eigenvalue weighted by Gasteiger charge is 2.32. The summed E-state index contributed by atoms with van der Waals surface area (Å²) in [6.45, 7) is 4.51. The summed E-state index contributed by atoms with van der Waals surface area (Å²) in [7, 11) is 4.85. The van der Waals surface area contributed by atoms with Gasteiger partial charge in [0.25, 0.3) is 0 Å². The Hall–Kier alpha value is -1.46. The molecule has 118 valence electrons. The van der Waals surface area contributed by atoms with Gasteiger partial charge in [-0.25, -0.2) is 0 Å². The zero-order chi connectivity index (χ0) is 15.5. The molecule has 1 saturated heterocycles. The van der Waals surface area contributed by atoms with Crippen molar-refractivity contribution in [2.24, 2.45) is 0 Å². The maximum Gasteiger partial charge on any atom is 0.203 e. The van der Waals surface area contributed by atoms with E-state index < -0.39 is 5.79 Å². The van der Waals surface area contributed by atoms with Gasteiger partial charge in [0.1, 0.15) is 0 Å². The van der Waals surface area contributed by atoms with Gasteiger partial charge in [0.05, 0.1) is 34.0 Å². The zero-order valence-corrected chi connectivity index (χ0v) is 13.4. The van der Waals surface area contributed by atoms with E-state index in [2.05, 4.69) is 0 Å². The molecule has 0 aromatic heterocycles. The second-order valence-electron chi connectivity index (χ2n) is 5.52. The molecule has 0 radical (unpaired) electrons. The number of benzene rings is 1. The van der Waals surface area contributed by atoms with Gasteiger partial charge in [-0.05, 0) is 44.4 Å². The Balaban J connectivity index is 2.06. The number of hydrogen-bond acceptors (Lipinski definition) is 5. The van der Waals surface area contributed by atoms with Gasteiger partial charge in [-0.1, -0.05) is 0 Å². The van der Waals surface area contributed by atoms with E-state index in [4.69, 9.17) is 23.7 Å². The summed E-state index contributed by atoms with van der Waals surface area (Å²) >= 11 is 0. The fourth-order valence-corrected chi connectivity index (χ4v) is 2.51. The van der Waals surface area contributed by atoms with Crippen molar-refractivity contribution in [3.63, 3.8) is 0 Å². The molecular formula is C16H24O5. The molecule has 1 heterocycles. The van der Waals surface area contributed by atoms with Crippen molar-refractivity contribution >= 4 is 0 Å². The Morgan fingerprint density at radius 3 is 2.14 bits per heavy atom. The lowest BCUT2D eigenvalue weighted by Gasteiger charge is -2.17. The molecule has 0 aliphatic carbocycles. The third kappa shape index (κ3) is 3.80. The topological polar surface area (TPSA) is 46.2 Å². The van der Waals surface area contributed by atoms with Crippen LogP contribution in [-0.2, 0) is 15.9 Å². The van der Waals surface area contributed by atoms with Gasteiger partial charge in [0.15, 0.2) is 17.3 Å². The Morgan fingerprint density at radius 2 is 1.71 bits per heavy atom. The molecule has 5 nitrogen and oxygen atoms in total. The minimum atomic E-state index is -0.472. The largest absolute Gasteiger partial charge is 0.493 e. The fourth-order valence-electron chi connectivity index (χ4n) is 2.51. The van der Waals surface area contributed by atoms with Crippen molar-refractivity contribution in [1.82, 2.24) is 0 Å². The molecule has 1 aromatic rings. The first-order chi connectivity index (χ1) is 9.99. The molecule has 1 aromatic carbocycles. The number of rotatable bonds is 6. The molecular weight excluding hydrogens is 272 g/mol.